The Balaban J connectivity index is 0.000000123. The maximum atomic E-state index is 13.1. The molecule has 18 rings (SSSR count). The molecule has 1 N–H and O–H groups in total. The van der Waals surface area contributed by atoms with Crippen molar-refractivity contribution in [2.45, 2.75) is 166 Å². The number of amides is 1. The Kier molecular flexibility index (Phi) is 20.6. The van der Waals surface area contributed by atoms with Crippen LogP contribution in [-0.2, 0) is 29.9 Å². The van der Waals surface area contributed by atoms with Crippen molar-refractivity contribution in [3.8, 4) is 11.6 Å². The number of piperidine rings is 3. The number of halogens is 5. The number of nitrogens with one attached hydrogen (secondary N) is 1. The molecule has 29 heteroatoms. The third-order valence-electron chi connectivity index (χ3n) is 18.6. The Hall–Kier alpha value is -6.30. The summed E-state index contributed by atoms with van der Waals surface area (Å²) in [7, 11) is -0.952. The zero-order valence-electron chi connectivity index (χ0n) is 54.7. The van der Waals surface area contributed by atoms with Crippen LogP contribution in [0.1, 0.15) is 111 Å². The van der Waals surface area contributed by atoms with Crippen molar-refractivity contribution in [3.63, 3.8) is 0 Å². The minimum atomic E-state index is -0.476. The van der Waals surface area contributed by atoms with Gasteiger partial charge in [0.05, 0.1) is 59.3 Å². The Morgan fingerprint density at radius 1 is 0.553 bits per heavy atom. The highest BCUT2D eigenvalue weighted by Crippen LogP contribution is 2.44. The summed E-state index contributed by atoms with van der Waals surface area (Å²) in [6.07, 6.45) is 17.8. The van der Waals surface area contributed by atoms with Gasteiger partial charge in [0.15, 0.2) is 29.6 Å². The summed E-state index contributed by atoms with van der Waals surface area (Å²) in [6.45, 7) is 28.7. The summed E-state index contributed by atoms with van der Waals surface area (Å²) in [5, 5.41) is 11.2. The molecule has 11 aliphatic rings. The van der Waals surface area contributed by atoms with Crippen LogP contribution in [0.4, 0.5) is 31.0 Å². The molecule has 11 saturated heterocycles. The van der Waals surface area contributed by atoms with Gasteiger partial charge in [-0.1, -0.05) is 6.07 Å². The standard InChI is InChI=1S/C19H18BrFN6.C15H20BrN3O2.C12H24B2O4.C10H12BrN3.C9H6FN3O/c20-14-2-4-18(23-7-14)25-11-16-5-17(12-25)26(16)9-13-1-3-19(22-6-13)27-10-15(21)8-24-27;1-15(2,3)21-14(20)19-11-6-12(19)9-18(8-11)13-5-4-10(16)7-17-13;1-9(2)10(3,4)16-13(15-9)14-17-11(5,6)12(7,8)18-14;11-7-1-2-10(12-4-7)14-5-8-3-9(6-14)13-8;10-8-4-12-13(5-8)9-2-1-7(6-14)3-11-9/h1-4,6-8,10,16-17H,5,9,11-12H2;4-5,7,11-12H,6,8-9H2,1-3H3;1-8H3;1-2,4,8-9,13H,3,5-6H2;1-6H. The van der Waals surface area contributed by atoms with E-state index in [0.29, 0.717) is 47.7 Å². The van der Waals surface area contributed by atoms with Crippen molar-refractivity contribution in [2.75, 3.05) is 54.0 Å². The lowest BCUT2D eigenvalue weighted by Crippen LogP contribution is -2.70. The fourth-order valence-electron chi connectivity index (χ4n) is 12.2. The number of rotatable bonds is 9. The smallest absolute Gasteiger partial charge is 0.444 e. The molecule has 11 aliphatic heterocycles. The molecule has 0 spiro atoms. The second-order valence-corrected chi connectivity index (χ2v) is 30.5. The lowest BCUT2D eigenvalue weighted by molar-refractivity contribution is -0.0380. The normalized spacial score (nSPS) is 23.9. The number of carbonyl (C=O) groups is 2. The van der Waals surface area contributed by atoms with Crippen LogP contribution in [0.2, 0.25) is 0 Å². The van der Waals surface area contributed by atoms with E-state index in [9.17, 15) is 18.4 Å². The summed E-state index contributed by atoms with van der Waals surface area (Å²) in [5.74, 6) is 3.43. The van der Waals surface area contributed by atoms with E-state index < -0.39 is 25.4 Å². The van der Waals surface area contributed by atoms with Crippen molar-refractivity contribution in [3.05, 3.63) is 153 Å². The molecular formula is C65H80B2Br3F2N15O7. The molecule has 0 saturated carbocycles. The van der Waals surface area contributed by atoms with Crippen LogP contribution in [-0.4, -0.2) is 184 Å². The summed E-state index contributed by atoms with van der Waals surface area (Å²) in [4.78, 5) is 55.7. The van der Waals surface area contributed by atoms with E-state index in [0.717, 1.165) is 94.9 Å². The number of nitrogens with zero attached hydrogens (tertiary/aromatic N) is 14. The van der Waals surface area contributed by atoms with Crippen molar-refractivity contribution in [2.24, 2.45) is 0 Å². The molecule has 0 radical (unpaired) electrons. The molecule has 1 amide bonds. The van der Waals surface area contributed by atoms with E-state index in [-0.39, 0.29) is 46.4 Å². The molecule has 498 valence electrons. The largest absolute Gasteiger partial charge is 0.488 e. The van der Waals surface area contributed by atoms with E-state index in [4.69, 9.17) is 23.4 Å². The molecular weight excluding hydrogens is 1400 g/mol. The number of hydrogen-bond donors (Lipinski definition) is 1. The van der Waals surface area contributed by atoms with E-state index >= 15 is 0 Å². The molecule has 11 fully saturated rings. The van der Waals surface area contributed by atoms with E-state index in [1.54, 1.807) is 18.3 Å². The third kappa shape index (κ3) is 16.2. The molecule has 94 heavy (non-hydrogen) atoms. The number of ether oxygens (including phenoxy) is 1. The molecule has 18 heterocycles. The Labute approximate surface area is 573 Å². The Morgan fingerprint density at radius 2 is 0.936 bits per heavy atom. The first-order valence-corrected chi connectivity index (χ1v) is 34.0. The monoisotopic (exact) mass is 1480 g/mol. The molecule has 6 atom stereocenters. The first kappa shape index (κ1) is 69.1. The fraction of sp³-hybridized carbons (Fsp3) is 0.492. The van der Waals surface area contributed by atoms with Gasteiger partial charge in [0.1, 0.15) is 23.1 Å². The minimum Gasteiger partial charge on any atom is -0.444 e. The first-order chi connectivity index (χ1) is 44.5. The number of fused-ring (bicyclic) bond motifs is 6. The van der Waals surface area contributed by atoms with Crippen LogP contribution < -0.4 is 20.0 Å². The van der Waals surface area contributed by atoms with Crippen LogP contribution in [0.5, 0.6) is 0 Å². The molecule has 6 bridgehead atoms. The average molecular weight is 1480 g/mol. The second-order valence-electron chi connectivity index (χ2n) is 27.7. The van der Waals surface area contributed by atoms with E-state index in [1.807, 2.05) is 130 Å². The van der Waals surface area contributed by atoms with Gasteiger partial charge in [-0.3, -0.25) is 14.6 Å². The quantitative estimate of drug-likeness (QED) is 0.105. The summed E-state index contributed by atoms with van der Waals surface area (Å²) >= 11 is 10.2. The second kappa shape index (κ2) is 28.0. The highest BCUT2D eigenvalue weighted by molar-refractivity contribution is 9.11. The molecule has 0 aliphatic carbocycles. The van der Waals surface area contributed by atoms with Crippen LogP contribution in [0.25, 0.3) is 11.6 Å². The number of aldehydes is 1. The lowest BCUT2D eigenvalue weighted by Gasteiger charge is -2.56. The number of carbonyl (C=O) groups excluding carboxylic acids is 2. The van der Waals surface area contributed by atoms with E-state index in [1.165, 1.54) is 47.0 Å². The van der Waals surface area contributed by atoms with Crippen molar-refractivity contribution in [1.82, 2.24) is 59.6 Å². The fourth-order valence-corrected chi connectivity index (χ4v) is 12.9. The maximum Gasteiger partial charge on any atom is 0.488 e. The molecule has 7 aromatic rings. The minimum absolute atomic E-state index is 0.188. The maximum absolute atomic E-state index is 13.1. The molecule has 6 unspecified atom stereocenters. The third-order valence-corrected chi connectivity index (χ3v) is 20.0. The highest BCUT2D eigenvalue weighted by Gasteiger charge is 2.64. The summed E-state index contributed by atoms with van der Waals surface area (Å²) in [6, 6.07) is 22.3. The number of anilines is 3. The van der Waals surface area contributed by atoms with Crippen LogP contribution >= 0.6 is 47.8 Å². The van der Waals surface area contributed by atoms with Gasteiger partial charge in [-0.2, -0.15) is 10.2 Å². The molecule has 7 aromatic heterocycles. The van der Waals surface area contributed by atoms with Gasteiger partial charge in [-0.05, 0) is 203 Å². The van der Waals surface area contributed by atoms with Gasteiger partial charge >= 0.3 is 20.1 Å². The van der Waals surface area contributed by atoms with E-state index in [2.05, 4.69) is 126 Å². The van der Waals surface area contributed by atoms with Gasteiger partial charge in [-0.25, -0.2) is 47.9 Å². The van der Waals surface area contributed by atoms with Gasteiger partial charge in [0, 0.05) is 120 Å². The van der Waals surface area contributed by atoms with Crippen molar-refractivity contribution >= 4 is 91.6 Å². The van der Waals surface area contributed by atoms with Crippen LogP contribution in [0, 0.1) is 11.6 Å². The molecule has 0 aromatic carbocycles. The van der Waals surface area contributed by atoms with Gasteiger partial charge in [0.25, 0.3) is 0 Å². The zero-order chi connectivity index (χ0) is 67.1. The zero-order valence-corrected chi connectivity index (χ0v) is 59.5. The lowest BCUT2D eigenvalue weighted by atomic mass is 9.49. The Bertz CT molecular complexity index is 3620. The topological polar surface area (TPSA) is 209 Å². The number of piperazine rings is 3. The SMILES string of the molecule is Brc1ccc(N2CC3CC(C2)N3)nc1.CC(C)(C)OC(=O)N1C2CC1CN(c1ccc(Br)cn1)C2.CC1(C)OB(B2OC(C)(C)C(C)(C)O2)OC1(C)C.Fc1cnn(-c2ccc(CN3C4CC3CN(c3ccc(Br)cn3)C4)cn2)c1.O=Cc1ccc(-n2cc(F)cn2)nc1. The van der Waals surface area contributed by atoms with Crippen molar-refractivity contribution < 1.29 is 41.7 Å². The number of hydrogen-bond acceptors (Lipinski definition) is 19. The van der Waals surface area contributed by atoms with Gasteiger partial charge in [-0.15, -0.1) is 0 Å². The Morgan fingerprint density at radius 3 is 1.29 bits per heavy atom. The van der Waals surface area contributed by atoms with Crippen molar-refractivity contribution in [1.29, 1.82) is 0 Å². The van der Waals surface area contributed by atoms with Gasteiger partial charge < -0.3 is 43.4 Å². The molecule has 22 nitrogen and oxygen atoms in total. The highest BCUT2D eigenvalue weighted by atomic mass is 79.9. The van der Waals surface area contributed by atoms with Crippen LogP contribution in [0.15, 0.2) is 130 Å². The predicted molar refractivity (Wildman–Crippen MR) is 366 cm³/mol. The number of pyridine rings is 5. The first-order valence-electron chi connectivity index (χ1n) is 31.6. The average Bonchev–Trinajstić information content (AvgIpc) is 0.910. The predicted octanol–water partition coefficient (Wildman–Crippen LogP) is 10.9. The summed E-state index contributed by atoms with van der Waals surface area (Å²) in [5.41, 5.74) is -0.239. The van der Waals surface area contributed by atoms with Crippen LogP contribution in [0.3, 0.4) is 0 Å². The number of aromatic nitrogens is 9. The summed E-state index contributed by atoms with van der Waals surface area (Å²) < 4.78 is 60.8. The van der Waals surface area contributed by atoms with Gasteiger partial charge in [0.2, 0.25) is 0 Å².